The van der Waals surface area contributed by atoms with Crippen molar-refractivity contribution in [2.75, 3.05) is 11.9 Å². The summed E-state index contributed by atoms with van der Waals surface area (Å²) in [6.07, 6.45) is 0. The van der Waals surface area contributed by atoms with Gasteiger partial charge in [0.15, 0.2) is 0 Å². The number of aromatic nitrogens is 2. The van der Waals surface area contributed by atoms with Crippen LogP contribution in [0.3, 0.4) is 0 Å². The highest BCUT2D eigenvalue weighted by atomic mass is 79.9. The molecule has 112 valence electrons. The Bertz CT molecular complexity index is 660. The monoisotopic (exact) mass is 347 g/mol. The van der Waals surface area contributed by atoms with Gasteiger partial charge in [-0.1, -0.05) is 38.5 Å². The number of aryl methyl sites for hydroxylation is 2. The molecule has 0 saturated heterocycles. The summed E-state index contributed by atoms with van der Waals surface area (Å²) in [5.41, 5.74) is 3.58. The zero-order valence-electron chi connectivity index (χ0n) is 13.5. The van der Waals surface area contributed by atoms with E-state index in [1.807, 2.05) is 13.1 Å². The summed E-state index contributed by atoms with van der Waals surface area (Å²) >= 11 is 3.50. The molecule has 0 fully saturated rings. The zero-order chi connectivity index (χ0) is 15.8. The lowest BCUT2D eigenvalue weighted by Crippen LogP contribution is -2.20. The van der Waals surface area contributed by atoms with E-state index in [9.17, 15) is 0 Å². The summed E-state index contributed by atoms with van der Waals surface area (Å²) in [5.74, 6) is 1.73. The van der Waals surface area contributed by atoms with Crippen molar-refractivity contribution in [1.82, 2.24) is 9.97 Å². The van der Waals surface area contributed by atoms with E-state index in [2.05, 4.69) is 78.6 Å². The molecule has 0 N–H and O–H groups in total. The van der Waals surface area contributed by atoms with Crippen LogP contribution in [-0.4, -0.2) is 17.0 Å². The van der Waals surface area contributed by atoms with E-state index in [0.29, 0.717) is 0 Å². The summed E-state index contributed by atoms with van der Waals surface area (Å²) < 4.78 is 0.814. The Morgan fingerprint density at radius 2 is 1.71 bits per heavy atom. The first kappa shape index (κ1) is 16.0. The number of benzene rings is 1. The molecule has 0 bridgehead atoms. The Kier molecular flexibility index (Phi) is 4.38. The third-order valence-electron chi connectivity index (χ3n) is 3.41. The highest BCUT2D eigenvalue weighted by Gasteiger charge is 2.20. The second kappa shape index (κ2) is 5.76. The van der Waals surface area contributed by atoms with Crippen LogP contribution in [0, 0.1) is 13.8 Å². The van der Waals surface area contributed by atoms with Crippen molar-refractivity contribution >= 4 is 27.4 Å². The number of hydrogen-bond acceptors (Lipinski definition) is 3. The number of halogens is 1. The van der Waals surface area contributed by atoms with Crippen LogP contribution in [0.5, 0.6) is 0 Å². The Morgan fingerprint density at radius 1 is 1.05 bits per heavy atom. The summed E-state index contributed by atoms with van der Waals surface area (Å²) in [6.45, 7) is 10.6. The van der Waals surface area contributed by atoms with Crippen molar-refractivity contribution in [2.45, 2.75) is 40.0 Å². The molecule has 2 aromatic rings. The molecular weight excluding hydrogens is 326 g/mol. The molecule has 0 radical (unpaired) electrons. The zero-order valence-corrected chi connectivity index (χ0v) is 15.1. The second-order valence-electron chi connectivity index (χ2n) is 6.47. The van der Waals surface area contributed by atoms with Crippen LogP contribution in [0.4, 0.5) is 11.5 Å². The molecule has 1 aromatic carbocycles. The van der Waals surface area contributed by atoms with Gasteiger partial charge < -0.3 is 4.90 Å². The Labute approximate surface area is 135 Å². The van der Waals surface area contributed by atoms with E-state index < -0.39 is 0 Å². The maximum atomic E-state index is 4.73. The van der Waals surface area contributed by atoms with Crippen LogP contribution < -0.4 is 4.90 Å². The van der Waals surface area contributed by atoms with Gasteiger partial charge in [-0.2, -0.15) is 0 Å². The normalized spacial score (nSPS) is 11.6. The highest BCUT2D eigenvalue weighted by molar-refractivity contribution is 9.10. The van der Waals surface area contributed by atoms with Crippen molar-refractivity contribution in [3.63, 3.8) is 0 Å². The predicted octanol–water partition coefficient (Wildman–Crippen LogP) is 4.92. The Hall–Kier alpha value is -1.42. The molecule has 1 heterocycles. The number of rotatable bonds is 2. The number of hydrogen-bond donors (Lipinski definition) is 0. The summed E-state index contributed by atoms with van der Waals surface area (Å²) in [4.78, 5) is 11.3. The molecular formula is C17H22BrN3. The van der Waals surface area contributed by atoms with Gasteiger partial charge in [0.05, 0.1) is 0 Å². The minimum atomic E-state index is -0.0817. The van der Waals surface area contributed by atoms with Crippen LogP contribution in [0.1, 0.15) is 37.7 Å². The molecule has 1 aromatic heterocycles. The fourth-order valence-electron chi connectivity index (χ4n) is 2.22. The Morgan fingerprint density at radius 3 is 2.29 bits per heavy atom. The first-order valence-electron chi connectivity index (χ1n) is 7.04. The Balaban J connectivity index is 2.48. The topological polar surface area (TPSA) is 29.0 Å². The van der Waals surface area contributed by atoms with E-state index in [0.717, 1.165) is 21.9 Å². The van der Waals surface area contributed by atoms with Gasteiger partial charge in [0.2, 0.25) is 0 Å². The van der Waals surface area contributed by atoms with Crippen molar-refractivity contribution < 1.29 is 0 Å². The molecule has 0 aliphatic carbocycles. The smallest absolute Gasteiger partial charge is 0.137 e. The van der Waals surface area contributed by atoms with Crippen LogP contribution in [0.15, 0.2) is 28.9 Å². The van der Waals surface area contributed by atoms with Crippen LogP contribution in [-0.2, 0) is 5.41 Å². The third-order valence-corrected chi connectivity index (χ3v) is 3.82. The molecule has 0 spiro atoms. The SMILES string of the molecule is Cc1ccc(N(C)c2cc(Br)nc(C(C)(C)C)n2)c(C)c1. The van der Waals surface area contributed by atoms with Crippen LogP contribution in [0.25, 0.3) is 0 Å². The molecule has 0 aliphatic rings. The van der Waals surface area contributed by atoms with Gasteiger partial charge in [-0.3, -0.25) is 0 Å². The van der Waals surface area contributed by atoms with E-state index in [1.54, 1.807) is 0 Å². The van der Waals surface area contributed by atoms with Gasteiger partial charge in [-0.05, 0) is 41.4 Å². The fourth-order valence-corrected chi connectivity index (χ4v) is 2.59. The van der Waals surface area contributed by atoms with Crippen molar-refractivity contribution in [2.24, 2.45) is 0 Å². The second-order valence-corrected chi connectivity index (χ2v) is 7.28. The summed E-state index contributed by atoms with van der Waals surface area (Å²) in [6, 6.07) is 8.40. The van der Waals surface area contributed by atoms with E-state index in [4.69, 9.17) is 4.98 Å². The average Bonchev–Trinajstić information content (AvgIpc) is 2.36. The fraction of sp³-hybridized carbons (Fsp3) is 0.412. The van der Waals surface area contributed by atoms with Gasteiger partial charge in [0.25, 0.3) is 0 Å². The maximum absolute atomic E-state index is 4.73. The molecule has 4 heteroatoms. The molecule has 3 nitrogen and oxygen atoms in total. The standard InChI is InChI=1S/C17H22BrN3/c1-11-7-8-13(12(2)9-11)21(6)15-10-14(18)19-16(20-15)17(3,4)5/h7-10H,1-6H3. The minimum Gasteiger partial charge on any atom is -0.329 e. The molecule has 2 rings (SSSR count). The molecule has 21 heavy (non-hydrogen) atoms. The lowest BCUT2D eigenvalue weighted by Gasteiger charge is -2.24. The lowest BCUT2D eigenvalue weighted by molar-refractivity contribution is 0.543. The molecule has 0 amide bonds. The number of anilines is 2. The van der Waals surface area contributed by atoms with Gasteiger partial charge >= 0.3 is 0 Å². The van der Waals surface area contributed by atoms with Crippen molar-refractivity contribution in [1.29, 1.82) is 0 Å². The quantitative estimate of drug-likeness (QED) is 0.721. The molecule has 0 saturated carbocycles. The molecule has 0 atom stereocenters. The van der Waals surface area contributed by atoms with Gasteiger partial charge in [0, 0.05) is 24.2 Å². The minimum absolute atomic E-state index is 0.0817. The highest BCUT2D eigenvalue weighted by Crippen LogP contribution is 2.29. The van der Waals surface area contributed by atoms with Crippen molar-refractivity contribution in [3.05, 3.63) is 45.8 Å². The van der Waals surface area contributed by atoms with Crippen molar-refractivity contribution in [3.8, 4) is 0 Å². The molecule has 0 aliphatic heterocycles. The maximum Gasteiger partial charge on any atom is 0.137 e. The van der Waals surface area contributed by atoms with E-state index >= 15 is 0 Å². The summed E-state index contributed by atoms with van der Waals surface area (Å²) in [5, 5.41) is 0. The lowest BCUT2D eigenvalue weighted by atomic mass is 9.96. The largest absolute Gasteiger partial charge is 0.329 e. The third kappa shape index (κ3) is 3.62. The summed E-state index contributed by atoms with van der Waals surface area (Å²) in [7, 11) is 2.04. The molecule has 0 unspecified atom stereocenters. The van der Waals surface area contributed by atoms with Gasteiger partial charge in [0.1, 0.15) is 16.2 Å². The van der Waals surface area contributed by atoms with Gasteiger partial charge in [-0.25, -0.2) is 9.97 Å². The van der Waals surface area contributed by atoms with E-state index in [-0.39, 0.29) is 5.41 Å². The van der Waals surface area contributed by atoms with Crippen LogP contribution in [0.2, 0.25) is 0 Å². The first-order valence-corrected chi connectivity index (χ1v) is 7.84. The average molecular weight is 348 g/mol. The first-order chi connectivity index (χ1) is 9.68. The van der Waals surface area contributed by atoms with Gasteiger partial charge in [-0.15, -0.1) is 0 Å². The predicted molar refractivity (Wildman–Crippen MR) is 92.4 cm³/mol. The number of nitrogens with zero attached hydrogens (tertiary/aromatic N) is 3. The van der Waals surface area contributed by atoms with E-state index in [1.165, 1.54) is 11.1 Å². The van der Waals surface area contributed by atoms with Crippen LogP contribution >= 0.6 is 15.9 Å².